The van der Waals surface area contributed by atoms with Crippen molar-refractivity contribution in [3.05, 3.63) is 58.8 Å². The van der Waals surface area contributed by atoms with Gasteiger partial charge >= 0.3 is 0 Å². The average molecular weight is 298 g/mol. The van der Waals surface area contributed by atoms with Gasteiger partial charge in [-0.3, -0.25) is 4.40 Å². The first-order chi connectivity index (χ1) is 8.79. The Hall–Kier alpha value is -2.12. The summed E-state index contributed by atoms with van der Waals surface area (Å²) in [4.78, 5) is 4.40. The zero-order valence-electron chi connectivity index (χ0n) is 9.34. The van der Waals surface area contributed by atoms with Gasteiger partial charge in [-0.25, -0.2) is 4.98 Å². The minimum absolute atomic E-state index is 0.446. The number of pyridine rings is 1. The minimum Gasteiger partial charge on any atom is -0.297 e. The third-order valence-electron chi connectivity index (χ3n) is 2.74. The largest absolute Gasteiger partial charge is 0.297 e. The zero-order valence-corrected chi connectivity index (χ0v) is 10.9. The first kappa shape index (κ1) is 11.0. The molecule has 0 N–H and O–H groups in total. The topological polar surface area (TPSA) is 41.1 Å². The van der Waals surface area contributed by atoms with Crippen LogP contribution in [-0.2, 0) is 0 Å². The predicted molar refractivity (Wildman–Crippen MR) is 73.0 cm³/mol. The molecule has 0 saturated carbocycles. The highest BCUT2D eigenvalue weighted by Crippen LogP contribution is 2.24. The third kappa shape index (κ3) is 1.69. The Labute approximate surface area is 112 Å². The second-order valence-electron chi connectivity index (χ2n) is 3.86. The fourth-order valence-corrected chi connectivity index (χ4v) is 2.27. The molecule has 0 saturated heterocycles. The van der Waals surface area contributed by atoms with E-state index in [4.69, 9.17) is 5.26 Å². The van der Waals surface area contributed by atoms with Gasteiger partial charge in [-0.05, 0) is 28.1 Å². The van der Waals surface area contributed by atoms with Crippen LogP contribution in [-0.4, -0.2) is 9.38 Å². The first-order valence-electron chi connectivity index (χ1n) is 5.43. The lowest BCUT2D eigenvalue weighted by molar-refractivity contribution is 1.15. The maximum Gasteiger partial charge on any atom is 0.166 e. The van der Waals surface area contributed by atoms with Crippen LogP contribution in [0.25, 0.3) is 16.9 Å². The van der Waals surface area contributed by atoms with Gasteiger partial charge in [0.25, 0.3) is 0 Å². The van der Waals surface area contributed by atoms with Crippen molar-refractivity contribution in [3.63, 3.8) is 0 Å². The fraction of sp³-hybridized carbons (Fsp3) is 0. The summed E-state index contributed by atoms with van der Waals surface area (Å²) in [7, 11) is 0. The number of halogens is 1. The lowest BCUT2D eigenvalue weighted by atomic mass is 10.2. The van der Waals surface area contributed by atoms with E-state index >= 15 is 0 Å². The van der Waals surface area contributed by atoms with E-state index in [2.05, 4.69) is 27.0 Å². The molecule has 0 bridgehead atoms. The van der Waals surface area contributed by atoms with Gasteiger partial charge in [-0.2, -0.15) is 5.26 Å². The Morgan fingerprint density at radius 1 is 1.11 bits per heavy atom. The number of nitriles is 1. The van der Waals surface area contributed by atoms with E-state index in [9.17, 15) is 0 Å². The van der Waals surface area contributed by atoms with Crippen molar-refractivity contribution in [2.75, 3.05) is 0 Å². The summed E-state index contributed by atoms with van der Waals surface area (Å²) in [5.74, 6) is 0.781. The number of hydrogen-bond acceptors (Lipinski definition) is 2. The summed E-state index contributed by atoms with van der Waals surface area (Å²) in [5.41, 5.74) is 2.26. The van der Waals surface area contributed by atoms with Gasteiger partial charge in [-0.1, -0.05) is 30.3 Å². The van der Waals surface area contributed by atoms with E-state index < -0.39 is 0 Å². The van der Waals surface area contributed by atoms with Crippen LogP contribution >= 0.6 is 15.9 Å². The Bertz CT molecular complexity index is 754. The van der Waals surface area contributed by atoms with E-state index in [1.54, 1.807) is 0 Å². The maximum absolute atomic E-state index is 9.13. The van der Waals surface area contributed by atoms with E-state index in [1.165, 1.54) is 0 Å². The third-order valence-corrected chi connectivity index (χ3v) is 3.21. The Morgan fingerprint density at radius 3 is 2.61 bits per heavy atom. The van der Waals surface area contributed by atoms with Gasteiger partial charge in [0.15, 0.2) is 5.69 Å². The van der Waals surface area contributed by atoms with Crippen molar-refractivity contribution in [3.8, 4) is 17.5 Å². The highest BCUT2D eigenvalue weighted by Gasteiger charge is 2.11. The monoisotopic (exact) mass is 297 g/mol. The summed E-state index contributed by atoms with van der Waals surface area (Å²) in [5, 5.41) is 9.13. The SMILES string of the molecule is N#Cc1nc(-c2ccccc2)n2cc(Br)ccc12. The number of nitrogens with zero attached hydrogens (tertiary/aromatic N) is 3. The lowest BCUT2D eigenvalue weighted by Crippen LogP contribution is -1.88. The molecule has 0 amide bonds. The molecule has 2 aromatic heterocycles. The summed E-state index contributed by atoms with van der Waals surface area (Å²) < 4.78 is 2.88. The van der Waals surface area contributed by atoms with Crippen molar-refractivity contribution < 1.29 is 0 Å². The van der Waals surface area contributed by atoms with E-state index in [0.717, 1.165) is 21.4 Å². The summed E-state index contributed by atoms with van der Waals surface area (Å²) in [6, 6.07) is 15.8. The van der Waals surface area contributed by atoms with Crippen molar-refractivity contribution in [1.29, 1.82) is 5.26 Å². The molecule has 3 nitrogen and oxygen atoms in total. The molecule has 0 radical (unpaired) electrons. The normalized spacial score (nSPS) is 10.4. The molecule has 2 heterocycles. The van der Waals surface area contributed by atoms with E-state index in [1.807, 2.05) is 53.1 Å². The molecule has 0 aliphatic rings. The quantitative estimate of drug-likeness (QED) is 0.688. The van der Waals surface area contributed by atoms with Gasteiger partial charge in [0.1, 0.15) is 11.9 Å². The summed E-state index contributed by atoms with van der Waals surface area (Å²) in [6.45, 7) is 0. The highest BCUT2D eigenvalue weighted by atomic mass is 79.9. The highest BCUT2D eigenvalue weighted by molar-refractivity contribution is 9.10. The molecule has 0 atom stereocenters. The molecule has 0 fully saturated rings. The van der Waals surface area contributed by atoms with Crippen LogP contribution < -0.4 is 0 Å². The van der Waals surface area contributed by atoms with Crippen LogP contribution in [0.4, 0.5) is 0 Å². The van der Waals surface area contributed by atoms with Crippen molar-refractivity contribution in [2.45, 2.75) is 0 Å². The smallest absolute Gasteiger partial charge is 0.166 e. The minimum atomic E-state index is 0.446. The van der Waals surface area contributed by atoms with Gasteiger partial charge < -0.3 is 0 Å². The number of hydrogen-bond donors (Lipinski definition) is 0. The molecule has 0 aliphatic carbocycles. The van der Waals surface area contributed by atoms with Crippen molar-refractivity contribution in [1.82, 2.24) is 9.38 Å². The van der Waals surface area contributed by atoms with Crippen LogP contribution in [0.3, 0.4) is 0 Å². The number of imidazole rings is 1. The van der Waals surface area contributed by atoms with Crippen LogP contribution in [0.5, 0.6) is 0 Å². The number of benzene rings is 1. The van der Waals surface area contributed by atoms with Crippen molar-refractivity contribution in [2.24, 2.45) is 0 Å². The fourth-order valence-electron chi connectivity index (χ4n) is 1.93. The Kier molecular flexibility index (Phi) is 2.62. The molecule has 1 aromatic carbocycles. The molecule has 86 valence electrons. The second-order valence-corrected chi connectivity index (χ2v) is 4.78. The number of rotatable bonds is 1. The molecule has 4 heteroatoms. The number of aromatic nitrogens is 2. The average Bonchev–Trinajstić information content (AvgIpc) is 2.77. The number of fused-ring (bicyclic) bond motifs is 1. The summed E-state index contributed by atoms with van der Waals surface area (Å²) >= 11 is 3.44. The zero-order chi connectivity index (χ0) is 12.5. The van der Waals surface area contributed by atoms with Gasteiger partial charge in [0, 0.05) is 16.2 Å². The Morgan fingerprint density at radius 2 is 1.89 bits per heavy atom. The molecule has 3 aromatic rings. The molecule has 0 aliphatic heterocycles. The molecular weight excluding hydrogens is 290 g/mol. The molecule has 0 unspecified atom stereocenters. The van der Waals surface area contributed by atoms with E-state index in [0.29, 0.717) is 5.69 Å². The van der Waals surface area contributed by atoms with Gasteiger partial charge in [-0.15, -0.1) is 0 Å². The molecule has 0 spiro atoms. The second kappa shape index (κ2) is 4.28. The summed E-state index contributed by atoms with van der Waals surface area (Å²) in [6.07, 6.45) is 1.92. The molecule has 3 rings (SSSR count). The molecule has 18 heavy (non-hydrogen) atoms. The van der Waals surface area contributed by atoms with E-state index in [-0.39, 0.29) is 0 Å². The van der Waals surface area contributed by atoms with Crippen LogP contribution in [0, 0.1) is 11.3 Å². The van der Waals surface area contributed by atoms with Gasteiger partial charge in [0.2, 0.25) is 0 Å². The molecular formula is C14H8BrN3. The van der Waals surface area contributed by atoms with Crippen molar-refractivity contribution >= 4 is 21.4 Å². The predicted octanol–water partition coefficient (Wildman–Crippen LogP) is 3.64. The first-order valence-corrected chi connectivity index (χ1v) is 6.22. The van der Waals surface area contributed by atoms with Crippen LogP contribution in [0.2, 0.25) is 0 Å². The van der Waals surface area contributed by atoms with Crippen LogP contribution in [0.1, 0.15) is 5.69 Å². The van der Waals surface area contributed by atoms with Crippen LogP contribution in [0.15, 0.2) is 53.1 Å². The standard InChI is InChI=1S/C14H8BrN3/c15-11-6-7-13-12(8-16)17-14(18(13)9-11)10-4-2-1-3-5-10/h1-7,9H. The lowest BCUT2D eigenvalue weighted by Gasteiger charge is -2.01. The Balaban J connectivity index is 2.37. The van der Waals surface area contributed by atoms with Gasteiger partial charge in [0.05, 0.1) is 5.52 Å². The maximum atomic E-state index is 9.13.